The summed E-state index contributed by atoms with van der Waals surface area (Å²) >= 11 is 0. The molecule has 0 aliphatic carbocycles. The zero-order chi connectivity index (χ0) is 11.8. The van der Waals surface area contributed by atoms with Gasteiger partial charge in [0, 0.05) is 17.1 Å². The smallest absolute Gasteiger partial charge is 0.780 e. The van der Waals surface area contributed by atoms with Crippen LogP contribution in [0.4, 0.5) is 0 Å². The van der Waals surface area contributed by atoms with Gasteiger partial charge in [0.1, 0.15) is 7.82 Å². The van der Waals surface area contributed by atoms with Crippen LogP contribution in [0, 0.1) is 0 Å². The van der Waals surface area contributed by atoms with Crippen LogP contribution in [-0.4, -0.2) is 11.0 Å². The number of hydrogen-bond acceptors (Lipinski definition) is 5. The third kappa shape index (κ3) is 4.49. The van der Waals surface area contributed by atoms with Gasteiger partial charge < -0.3 is 23.9 Å². The minimum Gasteiger partial charge on any atom is -0.780 e. The van der Waals surface area contributed by atoms with Crippen LogP contribution >= 0.6 is 7.82 Å². The number of rotatable bonds is 2. The van der Waals surface area contributed by atoms with Gasteiger partial charge in [-0.15, -0.1) is 0 Å². The Balaban J connectivity index is 0.00000144. The van der Waals surface area contributed by atoms with Crippen molar-refractivity contribution in [3.63, 3.8) is 0 Å². The number of phosphoric ester groups is 1. The predicted octanol–water partition coefficient (Wildman–Crippen LogP) is -5.84. The number of fused-ring (bicyclic) bond motifs is 1. The average molecular weight is 285 g/mol. The van der Waals surface area contributed by atoms with Crippen molar-refractivity contribution in [2.75, 3.05) is 0 Å². The Hall–Kier alpha value is 0.380. The van der Waals surface area contributed by atoms with Gasteiger partial charge in [-0.1, -0.05) is 18.2 Å². The molecule has 0 spiro atoms. The molecule has 1 N–H and O–H groups in total. The first-order valence-corrected chi connectivity index (χ1v) is 5.75. The van der Waals surface area contributed by atoms with Gasteiger partial charge in [0.05, 0.1) is 5.56 Å². The van der Waals surface area contributed by atoms with E-state index in [2.05, 4.69) is 9.51 Å². The van der Waals surface area contributed by atoms with Gasteiger partial charge in [0.15, 0.2) is 0 Å². The summed E-state index contributed by atoms with van der Waals surface area (Å²) in [4.78, 5) is 34.7. The third-order valence-electron chi connectivity index (χ3n) is 2.00. The molecule has 2 aromatic rings. The Morgan fingerprint density at radius 2 is 1.83 bits per heavy atom. The molecule has 1 aromatic heterocycles. The Bertz CT molecular complexity index is 593. The summed E-state index contributed by atoms with van der Waals surface area (Å²) in [5.41, 5.74) is 0.670. The molecule has 0 aliphatic rings. The molecular weight excluding hydrogens is 279 g/mol. The largest absolute Gasteiger partial charge is 1.00 e. The summed E-state index contributed by atoms with van der Waals surface area (Å²) < 4.78 is 14.1. The summed E-state index contributed by atoms with van der Waals surface area (Å²) in [6, 6.07) is 6.75. The second kappa shape index (κ2) is 7.24. The number of phosphoric acid groups is 1. The maximum atomic E-state index is 11.3. The molecular formula is C9H6NNa2O5P. The topological polar surface area (TPSA) is 105 Å². The van der Waals surface area contributed by atoms with E-state index in [0.29, 0.717) is 10.9 Å². The Morgan fingerprint density at radius 3 is 2.44 bits per heavy atom. The molecule has 0 amide bonds. The number of benzene rings is 1. The summed E-state index contributed by atoms with van der Waals surface area (Å²) in [6.45, 7) is 0. The molecule has 1 aromatic carbocycles. The van der Waals surface area contributed by atoms with E-state index in [-0.39, 0.29) is 64.7 Å². The fourth-order valence-corrected chi connectivity index (χ4v) is 1.69. The average Bonchev–Trinajstić information content (AvgIpc) is 2.58. The van der Waals surface area contributed by atoms with E-state index >= 15 is 0 Å². The van der Waals surface area contributed by atoms with Crippen LogP contribution in [0.3, 0.4) is 0 Å². The van der Waals surface area contributed by atoms with Gasteiger partial charge in [-0.05, 0) is 6.07 Å². The van der Waals surface area contributed by atoms with Crippen LogP contribution in [0.1, 0.15) is 10.4 Å². The Morgan fingerprint density at radius 1 is 1.22 bits per heavy atom. The first-order valence-electron chi connectivity index (χ1n) is 4.29. The molecule has 84 valence electrons. The van der Waals surface area contributed by atoms with E-state index in [1.807, 2.05) is 0 Å². The molecule has 9 heteroatoms. The first kappa shape index (κ1) is 18.4. The summed E-state index contributed by atoms with van der Waals surface area (Å²) in [6.07, 6.45) is 1.29. The quantitative estimate of drug-likeness (QED) is 0.437. The monoisotopic (exact) mass is 285 g/mol. The van der Waals surface area contributed by atoms with Crippen molar-refractivity contribution >= 4 is 24.7 Å². The van der Waals surface area contributed by atoms with Crippen molar-refractivity contribution in [2.45, 2.75) is 0 Å². The van der Waals surface area contributed by atoms with Crippen molar-refractivity contribution in [1.82, 2.24) is 4.98 Å². The third-order valence-corrected chi connectivity index (χ3v) is 2.39. The van der Waals surface area contributed by atoms with Crippen LogP contribution < -0.4 is 68.9 Å². The van der Waals surface area contributed by atoms with E-state index in [9.17, 15) is 19.1 Å². The van der Waals surface area contributed by atoms with Gasteiger partial charge in [-0.2, -0.15) is 0 Å². The van der Waals surface area contributed by atoms with E-state index in [1.54, 1.807) is 24.3 Å². The molecule has 1 heterocycles. The molecule has 0 unspecified atom stereocenters. The molecule has 6 nitrogen and oxygen atoms in total. The zero-order valence-corrected chi connectivity index (χ0v) is 14.8. The van der Waals surface area contributed by atoms with Crippen LogP contribution in [0.5, 0.6) is 0 Å². The number of carbonyl (C=O) groups excluding carboxylic acids is 1. The summed E-state index contributed by atoms with van der Waals surface area (Å²) in [7, 11) is -5.30. The molecule has 0 fully saturated rings. The van der Waals surface area contributed by atoms with E-state index in [4.69, 9.17) is 0 Å². The fourth-order valence-electron chi connectivity index (χ4n) is 1.39. The second-order valence-electron chi connectivity index (χ2n) is 3.07. The van der Waals surface area contributed by atoms with Crippen LogP contribution in [0.15, 0.2) is 30.5 Å². The molecule has 2 rings (SSSR count). The van der Waals surface area contributed by atoms with Gasteiger partial charge in [0.2, 0.25) is 0 Å². The minimum absolute atomic E-state index is 0. The van der Waals surface area contributed by atoms with Crippen molar-refractivity contribution in [1.29, 1.82) is 0 Å². The van der Waals surface area contributed by atoms with Gasteiger partial charge in [-0.3, -0.25) is 0 Å². The molecule has 18 heavy (non-hydrogen) atoms. The molecule has 0 radical (unpaired) electrons. The molecule has 0 aliphatic heterocycles. The van der Waals surface area contributed by atoms with Crippen molar-refractivity contribution in [2.24, 2.45) is 0 Å². The van der Waals surface area contributed by atoms with E-state index in [1.165, 1.54) is 6.20 Å². The van der Waals surface area contributed by atoms with Gasteiger partial charge >= 0.3 is 65.1 Å². The van der Waals surface area contributed by atoms with Crippen LogP contribution in [0.2, 0.25) is 0 Å². The maximum absolute atomic E-state index is 11.3. The number of aromatic nitrogens is 1. The molecule has 0 saturated heterocycles. The van der Waals surface area contributed by atoms with Crippen LogP contribution in [-0.2, 0) is 9.09 Å². The number of nitrogens with one attached hydrogen (secondary N) is 1. The number of carbonyl (C=O) groups is 1. The molecule has 0 atom stereocenters. The zero-order valence-electron chi connectivity index (χ0n) is 9.88. The summed E-state index contributed by atoms with van der Waals surface area (Å²) in [5.74, 6) is -1.18. The maximum Gasteiger partial charge on any atom is 1.00 e. The number of aromatic amines is 1. The van der Waals surface area contributed by atoms with Crippen molar-refractivity contribution in [3.05, 3.63) is 36.0 Å². The minimum atomic E-state index is -5.30. The predicted molar refractivity (Wildman–Crippen MR) is 51.3 cm³/mol. The normalized spacial score (nSPS) is 10.3. The molecule has 0 bridgehead atoms. The number of hydrogen-bond donors (Lipinski definition) is 1. The Kier molecular flexibility index (Phi) is 7.39. The SMILES string of the molecule is O=C(OP(=O)([O-])[O-])c1c[nH]c2ccccc12.[Na+].[Na+]. The fraction of sp³-hybridized carbons (Fsp3) is 0. The standard InChI is InChI=1S/C9H8NO5P.2Na/c11-9(15-16(12,13)14)7-5-10-8-4-2-1-3-6(7)8;;/h1-5,10H,(H2,12,13,14);;/q;2*+1/p-2. The van der Waals surface area contributed by atoms with Gasteiger partial charge in [0.25, 0.3) is 0 Å². The number of para-hydroxylation sites is 1. The second-order valence-corrected chi connectivity index (χ2v) is 4.15. The van der Waals surface area contributed by atoms with Crippen molar-refractivity contribution < 1.29 is 82.8 Å². The summed E-state index contributed by atoms with van der Waals surface area (Å²) in [5, 5.41) is 0.501. The van der Waals surface area contributed by atoms with Crippen LogP contribution in [0.25, 0.3) is 10.9 Å². The van der Waals surface area contributed by atoms with Gasteiger partial charge in [-0.25, -0.2) is 4.79 Å². The van der Waals surface area contributed by atoms with E-state index < -0.39 is 13.8 Å². The molecule has 0 saturated carbocycles. The number of H-pyrrole nitrogens is 1. The Labute approximate surface area is 147 Å². The van der Waals surface area contributed by atoms with Crippen molar-refractivity contribution in [3.8, 4) is 0 Å². The first-order chi connectivity index (χ1) is 7.47. The van der Waals surface area contributed by atoms with E-state index in [0.717, 1.165) is 0 Å².